The van der Waals surface area contributed by atoms with Gasteiger partial charge in [-0.3, -0.25) is 4.79 Å². The summed E-state index contributed by atoms with van der Waals surface area (Å²) < 4.78 is 26.8. The van der Waals surface area contributed by atoms with Crippen LogP contribution in [0, 0.1) is 5.41 Å². The van der Waals surface area contributed by atoms with Crippen molar-refractivity contribution < 1.29 is 13.6 Å². The summed E-state index contributed by atoms with van der Waals surface area (Å²) in [5, 5.41) is 0.623. The average Bonchev–Trinajstić information content (AvgIpc) is 2.91. The second kappa shape index (κ2) is 4.14. The third kappa shape index (κ3) is 2.00. The summed E-state index contributed by atoms with van der Waals surface area (Å²) in [4.78, 5) is 11.2. The van der Waals surface area contributed by atoms with Gasteiger partial charge in [-0.15, -0.1) is 0 Å². The molecule has 1 aromatic carbocycles. The van der Waals surface area contributed by atoms with Crippen LogP contribution in [0.4, 0.5) is 8.78 Å². The highest BCUT2D eigenvalue weighted by Gasteiger charge is 2.70. The molecule has 1 spiro atoms. The molecule has 0 radical (unpaired) electrons. The summed E-state index contributed by atoms with van der Waals surface area (Å²) in [7, 11) is 0. The van der Waals surface area contributed by atoms with Crippen LogP contribution in [0.15, 0.2) is 29.8 Å². The monoisotopic (exact) mass is 282 g/mol. The lowest BCUT2D eigenvalue weighted by Gasteiger charge is -2.25. The van der Waals surface area contributed by atoms with E-state index in [1.165, 1.54) is 0 Å². The maximum Gasteiger partial charge on any atom is 0.254 e. The predicted molar refractivity (Wildman–Crippen MR) is 70.3 cm³/mol. The van der Waals surface area contributed by atoms with E-state index in [-0.39, 0.29) is 12.8 Å². The van der Waals surface area contributed by atoms with Gasteiger partial charge in [0, 0.05) is 16.9 Å². The minimum atomic E-state index is -2.59. The van der Waals surface area contributed by atoms with Crippen molar-refractivity contribution in [3.8, 4) is 0 Å². The van der Waals surface area contributed by atoms with E-state index < -0.39 is 11.3 Å². The number of benzene rings is 1. The molecule has 19 heavy (non-hydrogen) atoms. The molecule has 2 aliphatic rings. The molecule has 1 aromatic rings. The zero-order valence-corrected chi connectivity index (χ0v) is 11.0. The molecule has 0 heterocycles. The van der Waals surface area contributed by atoms with Crippen LogP contribution in [0.1, 0.15) is 31.2 Å². The molecule has 0 amide bonds. The normalized spacial score (nSPS) is 28.6. The van der Waals surface area contributed by atoms with Crippen LogP contribution in [0.2, 0.25) is 5.02 Å². The van der Waals surface area contributed by atoms with Gasteiger partial charge in [0.05, 0.1) is 0 Å². The zero-order valence-electron chi connectivity index (χ0n) is 10.3. The molecule has 0 aromatic heterocycles. The Morgan fingerprint density at radius 2 is 1.84 bits per heavy atom. The van der Waals surface area contributed by atoms with Gasteiger partial charge in [-0.05, 0) is 48.1 Å². The highest BCUT2D eigenvalue weighted by atomic mass is 35.5. The summed E-state index contributed by atoms with van der Waals surface area (Å²) in [6.45, 7) is 0. The Kier molecular flexibility index (Phi) is 2.79. The molecule has 1 nitrogen and oxygen atoms in total. The SMILES string of the molecule is O=CC1=C(c2ccc(Cl)cc2)CCC2(C1)CC2(F)F. The molecule has 1 saturated carbocycles. The summed E-state index contributed by atoms with van der Waals surface area (Å²) in [5.74, 6) is -2.59. The number of carbonyl (C=O) groups excluding carboxylic acids is 1. The van der Waals surface area contributed by atoms with Crippen LogP contribution in [0.25, 0.3) is 5.57 Å². The molecule has 0 saturated heterocycles. The second-order valence-electron chi connectivity index (χ2n) is 5.47. The third-order valence-electron chi connectivity index (χ3n) is 4.32. The number of rotatable bonds is 2. The molecule has 0 aliphatic heterocycles. The Bertz CT molecular complexity index is 562. The summed E-state index contributed by atoms with van der Waals surface area (Å²) in [6.07, 6.45) is 1.84. The topological polar surface area (TPSA) is 17.1 Å². The smallest absolute Gasteiger partial charge is 0.254 e. The fourth-order valence-electron chi connectivity index (χ4n) is 3.02. The van der Waals surface area contributed by atoms with Crippen molar-refractivity contribution in [3.05, 3.63) is 40.4 Å². The Hall–Kier alpha value is -1.22. The molecule has 3 rings (SSSR count). The molecule has 100 valence electrons. The van der Waals surface area contributed by atoms with Crippen molar-refractivity contribution >= 4 is 23.5 Å². The van der Waals surface area contributed by atoms with Gasteiger partial charge in [-0.2, -0.15) is 0 Å². The number of carbonyl (C=O) groups is 1. The summed E-state index contributed by atoms with van der Waals surface area (Å²) in [5.41, 5.74) is 1.37. The quantitative estimate of drug-likeness (QED) is 0.730. The summed E-state index contributed by atoms with van der Waals surface area (Å²) >= 11 is 5.83. The predicted octanol–water partition coefficient (Wildman–Crippen LogP) is 4.50. The minimum Gasteiger partial charge on any atom is -0.298 e. The van der Waals surface area contributed by atoms with Crippen molar-refractivity contribution in [2.24, 2.45) is 5.41 Å². The van der Waals surface area contributed by atoms with Gasteiger partial charge in [0.15, 0.2) is 0 Å². The highest BCUT2D eigenvalue weighted by molar-refractivity contribution is 6.30. The van der Waals surface area contributed by atoms with Crippen LogP contribution < -0.4 is 0 Å². The lowest BCUT2D eigenvalue weighted by atomic mass is 9.79. The molecule has 1 atom stereocenters. The summed E-state index contributed by atoms with van der Waals surface area (Å²) in [6, 6.07) is 7.18. The first-order valence-electron chi connectivity index (χ1n) is 6.28. The van der Waals surface area contributed by atoms with Crippen LogP contribution in [0.3, 0.4) is 0 Å². The van der Waals surface area contributed by atoms with Crippen molar-refractivity contribution in [1.82, 2.24) is 0 Å². The number of aldehydes is 1. The van der Waals surface area contributed by atoms with E-state index in [1.54, 1.807) is 12.1 Å². The zero-order chi connectivity index (χ0) is 13.7. The minimum absolute atomic E-state index is 0.0781. The van der Waals surface area contributed by atoms with E-state index in [0.717, 1.165) is 17.4 Å². The van der Waals surface area contributed by atoms with Gasteiger partial charge >= 0.3 is 0 Å². The molecule has 0 N–H and O–H groups in total. The molecule has 0 bridgehead atoms. The molecule has 1 fully saturated rings. The molecule has 1 unspecified atom stereocenters. The maximum absolute atomic E-state index is 13.4. The number of alkyl halides is 2. The van der Waals surface area contributed by atoms with Crippen LogP contribution in [-0.4, -0.2) is 12.2 Å². The Morgan fingerprint density at radius 1 is 1.21 bits per heavy atom. The van der Waals surface area contributed by atoms with Gasteiger partial charge in [-0.1, -0.05) is 23.7 Å². The fraction of sp³-hybridized carbons (Fsp3) is 0.400. The fourth-order valence-corrected chi connectivity index (χ4v) is 3.15. The van der Waals surface area contributed by atoms with E-state index >= 15 is 0 Å². The van der Waals surface area contributed by atoms with Gasteiger partial charge in [0.2, 0.25) is 0 Å². The number of halogens is 3. The van der Waals surface area contributed by atoms with Crippen LogP contribution in [0.5, 0.6) is 0 Å². The average molecular weight is 283 g/mol. The molecular weight excluding hydrogens is 270 g/mol. The van der Waals surface area contributed by atoms with Crippen LogP contribution in [-0.2, 0) is 4.79 Å². The van der Waals surface area contributed by atoms with Gasteiger partial charge < -0.3 is 0 Å². The lowest BCUT2D eigenvalue weighted by molar-refractivity contribution is -0.105. The Morgan fingerprint density at radius 3 is 2.37 bits per heavy atom. The van der Waals surface area contributed by atoms with Crippen molar-refractivity contribution in [1.29, 1.82) is 0 Å². The first-order chi connectivity index (χ1) is 8.97. The number of allylic oxidation sites excluding steroid dienone is 2. The van der Waals surface area contributed by atoms with Crippen molar-refractivity contribution in [3.63, 3.8) is 0 Å². The molecule has 2 aliphatic carbocycles. The largest absolute Gasteiger partial charge is 0.298 e. The third-order valence-corrected chi connectivity index (χ3v) is 4.57. The number of hydrogen-bond acceptors (Lipinski definition) is 1. The van der Waals surface area contributed by atoms with Crippen molar-refractivity contribution in [2.45, 2.75) is 31.6 Å². The maximum atomic E-state index is 13.4. The van der Waals surface area contributed by atoms with Gasteiger partial charge in [-0.25, -0.2) is 8.78 Å². The van der Waals surface area contributed by atoms with E-state index in [0.29, 0.717) is 23.4 Å². The highest BCUT2D eigenvalue weighted by Crippen LogP contribution is 2.68. The van der Waals surface area contributed by atoms with Gasteiger partial charge in [0.25, 0.3) is 5.92 Å². The number of hydrogen-bond donors (Lipinski definition) is 0. The van der Waals surface area contributed by atoms with E-state index in [1.807, 2.05) is 12.1 Å². The lowest BCUT2D eigenvalue weighted by Crippen LogP contribution is -2.18. The first-order valence-corrected chi connectivity index (χ1v) is 6.66. The van der Waals surface area contributed by atoms with Crippen LogP contribution >= 0.6 is 11.6 Å². The Labute approximate surface area is 115 Å². The van der Waals surface area contributed by atoms with E-state index in [4.69, 9.17) is 11.6 Å². The standard InChI is InChI=1S/C15H13ClF2O/c16-12-3-1-10(2-4-12)13-5-6-14(7-11(13)8-19)9-15(14,17)18/h1-4,8H,5-7,9H2. The first kappa shape index (κ1) is 12.8. The van der Waals surface area contributed by atoms with Crippen molar-refractivity contribution in [2.75, 3.05) is 0 Å². The molecule has 4 heteroatoms. The second-order valence-corrected chi connectivity index (χ2v) is 5.90. The Balaban J connectivity index is 1.95. The van der Waals surface area contributed by atoms with E-state index in [9.17, 15) is 13.6 Å². The molecular formula is C15H13ClF2O. The van der Waals surface area contributed by atoms with E-state index in [2.05, 4.69) is 0 Å². The van der Waals surface area contributed by atoms with Gasteiger partial charge in [0.1, 0.15) is 6.29 Å².